The van der Waals surface area contributed by atoms with E-state index in [0.717, 1.165) is 51.0 Å². The van der Waals surface area contributed by atoms with Gasteiger partial charge in [0.2, 0.25) is 5.78 Å². The zero-order valence-corrected chi connectivity index (χ0v) is 46.6. The van der Waals surface area contributed by atoms with Crippen LogP contribution in [0.25, 0.3) is 16.3 Å². The lowest BCUT2D eigenvalue weighted by atomic mass is 9.92. The molecule has 4 aromatic rings. The number of hydrazone groups is 1. The van der Waals surface area contributed by atoms with Crippen molar-refractivity contribution in [3.63, 3.8) is 0 Å². The maximum Gasteiger partial charge on any atom is 0.341 e. The minimum Gasteiger partial charge on any atom is -0.507 e. The standard InChI is InChI=1S/C59H69FN6O13.CH4O/c1-30-9-8-10-31(2)55(73)62-47-42(51(70)44-45(52(47)71)50(69)33(4)54-46(44)53(72)58(79-54)77-24-7-6-11-39(78-34(5)67)25-38(68)15-12-30)27-61-65-22-17-37(18-23-65)63-59(19-20-59)36-16-21-64(28-36)49-32(3)48-40(35-13-14-35)26-41(57(75)76)56(74)66(48)29-43(49)60;1-2/h7-10,24,26-27,29-30,35-39,58,63,68-71H,6,11-23,25,28H2,1-5H3,(H,62,73)(H,75,76);2H,1H3/b9-8+,24-7+,31-10-,61-27+;. The van der Waals surface area contributed by atoms with Gasteiger partial charge in [0.1, 0.15) is 28.9 Å². The number of phenolic OH excluding ortho intramolecular Hbond substituents is 3. The van der Waals surface area contributed by atoms with Crippen molar-refractivity contribution in [2.45, 2.75) is 148 Å². The summed E-state index contributed by atoms with van der Waals surface area (Å²) in [7, 11) is 1.00. The molecular formula is C60H73FN6O14. The molecule has 5 unspecified atom stereocenters. The molecule has 2 aliphatic carbocycles. The SMILES string of the molecule is CC(=O)OC1CC/C=C/OC2Oc3c(C)c(O)c4c(O)c(c(/C=N/N5CCC(NC6(C7CCN(c8c(F)cn9c(=O)c(C(=O)O)cc(C%10CC%10)c9c8C)C7)CC6)CC5)c(O)c4c3C2=O)NC(=O)/C(C)=C\C=C\C(C)CCC(O)C1.CO. The minimum atomic E-state index is -1.53. The number of carbonyl (C=O) groups excluding carboxylic acids is 3. The van der Waals surface area contributed by atoms with Gasteiger partial charge in [0.15, 0.2) is 11.6 Å². The Labute approximate surface area is 468 Å². The molecule has 0 spiro atoms. The van der Waals surface area contributed by atoms with E-state index in [0.29, 0.717) is 81.5 Å². The molecule has 8 N–H and O–H groups in total. The first-order valence-electron chi connectivity index (χ1n) is 27.9. The predicted octanol–water partition coefficient (Wildman–Crippen LogP) is 7.72. The van der Waals surface area contributed by atoms with Crippen LogP contribution in [0.3, 0.4) is 0 Å². The topological polar surface area (TPSA) is 282 Å². The van der Waals surface area contributed by atoms with Crippen LogP contribution < -0.4 is 25.8 Å². The fourth-order valence-electron chi connectivity index (χ4n) is 12.2. The third-order valence-electron chi connectivity index (χ3n) is 16.8. The highest BCUT2D eigenvalue weighted by atomic mass is 19.1. The highest BCUT2D eigenvalue weighted by molar-refractivity contribution is 6.23. The summed E-state index contributed by atoms with van der Waals surface area (Å²) in [6.07, 6.45) is 15.6. The zero-order chi connectivity index (χ0) is 58.2. The number of aliphatic hydroxyl groups excluding tert-OH is 2. The van der Waals surface area contributed by atoms with Gasteiger partial charge in [-0.3, -0.25) is 28.6 Å². The number of halogens is 1. The molecule has 0 radical (unpaired) electrons. The van der Waals surface area contributed by atoms with Crippen molar-refractivity contribution >= 4 is 57.5 Å². The number of ketones is 1. The number of allylic oxidation sites excluding steroid dienone is 4. The number of aliphatic hydroxyl groups is 2. The number of carboxylic acid groups (broad SMARTS) is 1. The number of hydrogen-bond donors (Lipinski definition) is 8. The van der Waals surface area contributed by atoms with Crippen LogP contribution in [-0.2, 0) is 19.1 Å². The number of phenols is 3. The molecule has 20 nitrogen and oxygen atoms in total. The number of fused-ring (bicyclic) bond motifs is 15. The first kappa shape index (κ1) is 58.2. The van der Waals surface area contributed by atoms with E-state index >= 15 is 4.39 Å². The molecule has 21 heteroatoms. The third-order valence-corrected chi connectivity index (χ3v) is 16.8. The van der Waals surface area contributed by atoms with Crippen LogP contribution in [0.5, 0.6) is 23.0 Å². The van der Waals surface area contributed by atoms with Crippen molar-refractivity contribution in [2.24, 2.45) is 16.9 Å². The molecule has 5 atom stereocenters. The number of pyridine rings is 2. The number of piperidine rings is 1. The van der Waals surface area contributed by atoms with E-state index in [2.05, 4.69) is 15.5 Å². The van der Waals surface area contributed by atoms with Gasteiger partial charge in [-0.2, -0.15) is 5.10 Å². The van der Waals surface area contributed by atoms with Crippen LogP contribution in [0, 0.1) is 31.5 Å². The predicted molar refractivity (Wildman–Crippen MR) is 301 cm³/mol. The highest BCUT2D eigenvalue weighted by Crippen LogP contribution is 2.54. The molecule has 7 aliphatic rings. The lowest BCUT2D eigenvalue weighted by molar-refractivity contribution is -0.148. The van der Waals surface area contributed by atoms with Gasteiger partial charge < -0.3 is 60.4 Å². The average Bonchev–Trinajstić information content (AvgIpc) is 4.51. The Morgan fingerprint density at radius 3 is 2.35 bits per heavy atom. The van der Waals surface area contributed by atoms with Crippen LogP contribution in [0.2, 0.25) is 0 Å². The molecule has 81 heavy (non-hydrogen) atoms. The van der Waals surface area contributed by atoms with E-state index in [1.807, 2.05) is 24.9 Å². The second-order valence-electron chi connectivity index (χ2n) is 22.4. The van der Waals surface area contributed by atoms with Crippen molar-refractivity contribution in [1.82, 2.24) is 14.7 Å². The third kappa shape index (κ3) is 11.8. The molecular weight excluding hydrogens is 1050 g/mol. The maximum absolute atomic E-state index is 16.2. The molecule has 2 aromatic heterocycles. The Bertz CT molecular complexity index is 3340. The number of nitrogens with zero attached hydrogens (tertiary/aromatic N) is 4. The highest BCUT2D eigenvalue weighted by Gasteiger charge is 2.52. The smallest absolute Gasteiger partial charge is 0.341 e. The van der Waals surface area contributed by atoms with E-state index in [1.54, 1.807) is 25.2 Å². The number of Topliss-reactive ketones (excluding diaryl/α,β-unsaturated/α-hetero) is 1. The molecule has 2 saturated carbocycles. The number of aromatic nitrogens is 1. The lowest BCUT2D eigenvalue weighted by Gasteiger charge is -2.35. The average molecular weight is 1120 g/mol. The number of benzene rings is 2. The Morgan fingerprint density at radius 1 is 0.938 bits per heavy atom. The molecule has 2 saturated heterocycles. The Hall–Kier alpha value is -7.49. The summed E-state index contributed by atoms with van der Waals surface area (Å²) < 4.78 is 34.5. The van der Waals surface area contributed by atoms with E-state index in [1.165, 1.54) is 36.8 Å². The minimum absolute atomic E-state index is 0.00496. The number of carboxylic acids is 1. The van der Waals surface area contributed by atoms with E-state index in [-0.39, 0.29) is 85.8 Å². The number of rotatable bonds is 9. The van der Waals surface area contributed by atoms with Gasteiger partial charge in [-0.1, -0.05) is 25.2 Å². The van der Waals surface area contributed by atoms with E-state index in [4.69, 9.17) is 24.4 Å². The fraction of sp³-hybridized carbons (Fsp3) is 0.500. The monoisotopic (exact) mass is 1120 g/mol. The summed E-state index contributed by atoms with van der Waals surface area (Å²) in [5.41, 5.74) is 0.949. The number of anilines is 2. The lowest BCUT2D eigenvalue weighted by Crippen LogP contribution is -2.49. The summed E-state index contributed by atoms with van der Waals surface area (Å²) in [5, 5.41) is 76.4. The molecule has 434 valence electrons. The molecule has 5 aliphatic heterocycles. The van der Waals surface area contributed by atoms with Gasteiger partial charge in [0.05, 0.1) is 58.2 Å². The number of ether oxygens (including phenoxy) is 3. The van der Waals surface area contributed by atoms with Crippen LogP contribution in [-0.4, -0.2) is 133 Å². The fourth-order valence-corrected chi connectivity index (χ4v) is 12.2. The molecule has 7 heterocycles. The Morgan fingerprint density at radius 2 is 1.67 bits per heavy atom. The summed E-state index contributed by atoms with van der Waals surface area (Å²) >= 11 is 0. The summed E-state index contributed by atoms with van der Waals surface area (Å²) in [4.78, 5) is 67.4. The quantitative estimate of drug-likeness (QED) is 0.0344. The number of nitrogens with one attached hydrogen (secondary N) is 2. The van der Waals surface area contributed by atoms with Crippen molar-refractivity contribution in [1.29, 1.82) is 0 Å². The number of esters is 1. The van der Waals surface area contributed by atoms with Gasteiger partial charge in [-0.15, -0.1) is 0 Å². The number of hydrogen-bond acceptors (Lipinski definition) is 17. The first-order chi connectivity index (χ1) is 38.7. The number of aromatic carboxylic acids is 1. The van der Waals surface area contributed by atoms with Crippen molar-refractivity contribution < 1.29 is 68.4 Å². The molecule has 1 amide bonds. The van der Waals surface area contributed by atoms with Crippen LogP contribution in [0.4, 0.5) is 15.8 Å². The second kappa shape index (κ2) is 23.9. The number of aromatic hydroxyl groups is 3. The number of aryl methyl sites for hydroxylation is 1. The van der Waals surface area contributed by atoms with Crippen molar-refractivity contribution in [2.75, 3.05) is 43.5 Å². The van der Waals surface area contributed by atoms with Crippen molar-refractivity contribution in [3.05, 3.63) is 98.0 Å². The largest absolute Gasteiger partial charge is 0.507 e. The van der Waals surface area contributed by atoms with Gasteiger partial charge in [-0.05, 0) is 132 Å². The summed E-state index contributed by atoms with van der Waals surface area (Å²) in [6.45, 7) is 10.4. The number of carbonyl (C=O) groups is 4. The maximum atomic E-state index is 16.2. The van der Waals surface area contributed by atoms with Crippen LogP contribution in [0.1, 0.15) is 147 Å². The summed E-state index contributed by atoms with van der Waals surface area (Å²) in [5.74, 6) is -5.13. The van der Waals surface area contributed by atoms with Crippen molar-refractivity contribution in [3.8, 4) is 23.0 Å². The normalized spacial score (nSPS) is 25.0. The van der Waals surface area contributed by atoms with Gasteiger partial charge in [0, 0.05) is 74.7 Å². The molecule has 5 bridgehead atoms. The van der Waals surface area contributed by atoms with E-state index < -0.39 is 70.8 Å². The van der Waals surface area contributed by atoms with Gasteiger partial charge in [0.25, 0.3) is 11.5 Å². The molecule has 2 aromatic carbocycles. The van der Waals surface area contributed by atoms with Crippen LogP contribution >= 0.6 is 0 Å². The molecule has 4 fully saturated rings. The zero-order valence-electron chi connectivity index (χ0n) is 46.6. The van der Waals surface area contributed by atoms with Gasteiger partial charge >= 0.3 is 18.2 Å². The first-order valence-corrected chi connectivity index (χ1v) is 27.9. The Balaban J connectivity index is 0.00000392. The summed E-state index contributed by atoms with van der Waals surface area (Å²) in [6, 6.07) is 1.61. The van der Waals surface area contributed by atoms with Crippen LogP contribution in [0.15, 0.2) is 58.3 Å². The Kier molecular flexibility index (Phi) is 17.2. The number of amides is 1. The second-order valence-corrected chi connectivity index (χ2v) is 22.4. The van der Waals surface area contributed by atoms with E-state index in [9.17, 15) is 49.5 Å². The molecule has 11 rings (SSSR count). The van der Waals surface area contributed by atoms with Gasteiger partial charge in [-0.25, -0.2) is 9.18 Å².